The third kappa shape index (κ3) is 1.96. The van der Waals surface area contributed by atoms with E-state index in [4.69, 9.17) is 9.84 Å². The Morgan fingerprint density at radius 3 is 3.11 bits per heavy atom. The van der Waals surface area contributed by atoms with Crippen LogP contribution in [0, 0.1) is 5.92 Å². The lowest BCUT2D eigenvalue weighted by molar-refractivity contribution is -0.138. The number of hydrogen-bond donors (Lipinski definition) is 1. The van der Waals surface area contributed by atoms with E-state index in [0.29, 0.717) is 5.92 Å². The van der Waals surface area contributed by atoms with E-state index < -0.39 is 5.97 Å². The summed E-state index contributed by atoms with van der Waals surface area (Å²) in [5, 5.41) is 9.11. The van der Waals surface area contributed by atoms with Crippen LogP contribution in [0.15, 0.2) is 18.3 Å². The first-order chi connectivity index (χ1) is 8.75. The van der Waals surface area contributed by atoms with E-state index in [1.807, 2.05) is 12.1 Å². The van der Waals surface area contributed by atoms with Crippen molar-refractivity contribution >= 4 is 5.97 Å². The minimum atomic E-state index is -0.747. The van der Waals surface area contributed by atoms with Crippen LogP contribution in [0.5, 0.6) is 5.75 Å². The maximum Gasteiger partial charge on any atom is 0.304 e. The Morgan fingerprint density at radius 2 is 2.28 bits per heavy atom. The van der Waals surface area contributed by atoms with Crippen LogP contribution in [-0.2, 0) is 4.79 Å². The highest BCUT2D eigenvalue weighted by molar-refractivity contribution is 5.68. The summed E-state index contributed by atoms with van der Waals surface area (Å²) in [6.45, 7) is 0. The zero-order valence-corrected chi connectivity index (χ0v) is 10.2. The first-order valence-corrected chi connectivity index (χ1v) is 6.59. The van der Waals surface area contributed by atoms with Crippen molar-refractivity contribution in [2.24, 2.45) is 5.92 Å². The molecule has 0 bridgehead atoms. The second kappa shape index (κ2) is 4.59. The molecule has 1 saturated carbocycles. The lowest BCUT2D eigenvalue weighted by atomic mass is 9.73. The quantitative estimate of drug-likeness (QED) is 0.872. The predicted molar refractivity (Wildman–Crippen MR) is 65.6 cm³/mol. The van der Waals surface area contributed by atoms with Gasteiger partial charge < -0.3 is 9.84 Å². The fourth-order valence-electron chi connectivity index (χ4n) is 3.32. The summed E-state index contributed by atoms with van der Waals surface area (Å²) in [7, 11) is 0. The highest BCUT2D eigenvalue weighted by atomic mass is 16.5. The van der Waals surface area contributed by atoms with Gasteiger partial charge in [-0.2, -0.15) is 0 Å². The van der Waals surface area contributed by atoms with E-state index in [-0.39, 0.29) is 18.4 Å². The highest BCUT2D eigenvalue weighted by Crippen LogP contribution is 2.46. The average molecular weight is 247 g/mol. The molecule has 1 fully saturated rings. The summed E-state index contributed by atoms with van der Waals surface area (Å²) in [6.07, 6.45) is 6.50. The zero-order valence-electron chi connectivity index (χ0n) is 10.2. The Labute approximate surface area is 106 Å². The third-order valence-electron chi connectivity index (χ3n) is 4.09. The maximum atomic E-state index is 11.1. The first-order valence-electron chi connectivity index (χ1n) is 6.59. The van der Waals surface area contributed by atoms with Gasteiger partial charge in [0.25, 0.3) is 0 Å². The number of nitrogens with zero attached hydrogens (tertiary/aromatic N) is 1. The molecule has 1 aliphatic carbocycles. The largest absolute Gasteiger partial charge is 0.488 e. The monoisotopic (exact) mass is 247 g/mol. The fraction of sp³-hybridized carbons (Fsp3) is 0.571. The Balaban J connectivity index is 1.97. The van der Waals surface area contributed by atoms with Crippen molar-refractivity contribution in [3.05, 3.63) is 24.0 Å². The molecule has 0 unspecified atom stereocenters. The van der Waals surface area contributed by atoms with Crippen molar-refractivity contribution in [2.75, 3.05) is 0 Å². The Morgan fingerprint density at radius 1 is 1.44 bits per heavy atom. The number of carboxylic acids is 1. The molecule has 1 aromatic rings. The number of rotatable bonds is 2. The summed E-state index contributed by atoms with van der Waals surface area (Å²) >= 11 is 0. The molecule has 0 saturated heterocycles. The molecule has 18 heavy (non-hydrogen) atoms. The zero-order chi connectivity index (χ0) is 12.5. The molecule has 0 spiro atoms. The van der Waals surface area contributed by atoms with Crippen LogP contribution < -0.4 is 4.74 Å². The van der Waals surface area contributed by atoms with Crippen LogP contribution in [-0.4, -0.2) is 22.2 Å². The van der Waals surface area contributed by atoms with Gasteiger partial charge in [-0.25, -0.2) is 0 Å². The van der Waals surface area contributed by atoms with Gasteiger partial charge in [0, 0.05) is 18.0 Å². The molecule has 96 valence electrons. The van der Waals surface area contributed by atoms with E-state index in [0.717, 1.165) is 24.3 Å². The van der Waals surface area contributed by atoms with Gasteiger partial charge in [0.05, 0.1) is 12.1 Å². The van der Waals surface area contributed by atoms with Gasteiger partial charge in [0.15, 0.2) is 0 Å². The maximum absolute atomic E-state index is 11.1. The lowest BCUT2D eigenvalue weighted by Crippen LogP contribution is -2.39. The van der Waals surface area contributed by atoms with Crippen molar-refractivity contribution in [2.45, 2.75) is 44.1 Å². The summed E-state index contributed by atoms with van der Waals surface area (Å²) in [4.78, 5) is 15.4. The van der Waals surface area contributed by atoms with Crippen LogP contribution in [0.1, 0.15) is 43.7 Å². The van der Waals surface area contributed by atoms with Crippen LogP contribution in [0.2, 0.25) is 0 Å². The Hall–Kier alpha value is -1.58. The molecule has 4 heteroatoms. The van der Waals surface area contributed by atoms with Crippen molar-refractivity contribution in [3.63, 3.8) is 0 Å². The molecule has 1 aromatic heterocycles. The summed E-state index contributed by atoms with van der Waals surface area (Å²) in [5.74, 6) is 0.365. The fourth-order valence-corrected chi connectivity index (χ4v) is 3.32. The van der Waals surface area contributed by atoms with Gasteiger partial charge in [0.1, 0.15) is 11.9 Å². The van der Waals surface area contributed by atoms with Crippen LogP contribution in [0.3, 0.4) is 0 Å². The molecular weight excluding hydrogens is 230 g/mol. The molecule has 0 amide bonds. The number of carbonyl (C=O) groups is 1. The second-order valence-corrected chi connectivity index (χ2v) is 5.20. The SMILES string of the molecule is O=C(O)C[C@H]1c2ncccc2O[C@H]2CCCC[C@@H]21. The van der Waals surface area contributed by atoms with E-state index in [1.54, 1.807) is 6.20 Å². The molecule has 0 aromatic carbocycles. The van der Waals surface area contributed by atoms with Crippen molar-refractivity contribution in [3.8, 4) is 5.75 Å². The number of ether oxygens (including phenoxy) is 1. The summed E-state index contributed by atoms with van der Waals surface area (Å²) in [6, 6.07) is 3.75. The molecular formula is C14H17NO3. The van der Waals surface area contributed by atoms with E-state index >= 15 is 0 Å². The molecule has 4 nitrogen and oxygen atoms in total. The van der Waals surface area contributed by atoms with Crippen LogP contribution in [0.4, 0.5) is 0 Å². The summed E-state index contributed by atoms with van der Waals surface area (Å²) in [5.41, 5.74) is 0.836. The number of aromatic nitrogens is 1. The molecule has 3 atom stereocenters. The lowest BCUT2D eigenvalue weighted by Gasteiger charge is -2.41. The Bertz CT molecular complexity index is 460. The van der Waals surface area contributed by atoms with Gasteiger partial charge in [-0.05, 0) is 31.4 Å². The molecule has 1 N–H and O–H groups in total. The van der Waals surface area contributed by atoms with Crippen molar-refractivity contribution in [1.29, 1.82) is 0 Å². The third-order valence-corrected chi connectivity index (χ3v) is 4.09. The normalized spacial score (nSPS) is 29.9. The van der Waals surface area contributed by atoms with Crippen molar-refractivity contribution < 1.29 is 14.6 Å². The van der Waals surface area contributed by atoms with E-state index in [2.05, 4.69) is 4.98 Å². The molecule has 2 heterocycles. The first kappa shape index (κ1) is 11.5. The minimum absolute atomic E-state index is 0.0118. The topological polar surface area (TPSA) is 59.4 Å². The number of hydrogen-bond acceptors (Lipinski definition) is 3. The van der Waals surface area contributed by atoms with Crippen molar-refractivity contribution in [1.82, 2.24) is 4.98 Å². The molecule has 0 radical (unpaired) electrons. The number of carboxylic acid groups (broad SMARTS) is 1. The molecule has 1 aliphatic heterocycles. The minimum Gasteiger partial charge on any atom is -0.488 e. The van der Waals surface area contributed by atoms with Crippen LogP contribution >= 0.6 is 0 Å². The van der Waals surface area contributed by atoms with Gasteiger partial charge in [-0.3, -0.25) is 9.78 Å². The predicted octanol–water partition coefficient (Wildman–Crippen LogP) is 2.59. The van der Waals surface area contributed by atoms with Crippen LogP contribution in [0.25, 0.3) is 0 Å². The van der Waals surface area contributed by atoms with E-state index in [1.165, 1.54) is 12.8 Å². The van der Waals surface area contributed by atoms with Gasteiger partial charge >= 0.3 is 5.97 Å². The standard InChI is InChI=1S/C14H17NO3/c16-13(17)8-10-9-4-1-2-5-11(9)18-12-6-3-7-15-14(10)12/h3,6-7,9-11H,1-2,4-5,8H2,(H,16,17)/t9-,10-,11+/m1/s1. The second-order valence-electron chi connectivity index (χ2n) is 5.20. The molecule has 2 aliphatic rings. The number of aliphatic carboxylic acids is 1. The number of fused-ring (bicyclic) bond motifs is 2. The average Bonchev–Trinajstić information content (AvgIpc) is 2.38. The smallest absolute Gasteiger partial charge is 0.304 e. The van der Waals surface area contributed by atoms with Gasteiger partial charge in [0.2, 0.25) is 0 Å². The van der Waals surface area contributed by atoms with Gasteiger partial charge in [-0.15, -0.1) is 0 Å². The van der Waals surface area contributed by atoms with Gasteiger partial charge in [-0.1, -0.05) is 6.42 Å². The van der Waals surface area contributed by atoms with E-state index in [9.17, 15) is 4.79 Å². The summed E-state index contributed by atoms with van der Waals surface area (Å²) < 4.78 is 5.99. The Kier molecular flexibility index (Phi) is 2.94. The number of pyridine rings is 1. The molecule has 3 rings (SSSR count). The highest BCUT2D eigenvalue weighted by Gasteiger charge is 2.41.